The van der Waals surface area contributed by atoms with Crippen LogP contribution in [0, 0.1) is 11.8 Å². The normalized spacial score (nSPS) is 18.0. The van der Waals surface area contributed by atoms with Gasteiger partial charge in [-0.05, 0) is 93.0 Å². The van der Waals surface area contributed by atoms with E-state index in [1.54, 1.807) is 37.5 Å². The smallest absolute Gasteiger partial charge is 0.182 e. The van der Waals surface area contributed by atoms with Gasteiger partial charge in [0.25, 0.3) is 0 Å². The van der Waals surface area contributed by atoms with E-state index in [1.165, 1.54) is 30.9 Å². The molecule has 6 nitrogen and oxygen atoms in total. The van der Waals surface area contributed by atoms with E-state index in [0.717, 1.165) is 41.4 Å². The molecule has 2 N–H and O–H groups in total. The van der Waals surface area contributed by atoms with Gasteiger partial charge in [0.2, 0.25) is 0 Å². The Hall–Kier alpha value is -4.32. The Morgan fingerprint density at radius 1 is 0.976 bits per heavy atom. The molecule has 0 radical (unpaired) electrons. The third-order valence-electron chi connectivity index (χ3n) is 7.50. The lowest BCUT2D eigenvalue weighted by Gasteiger charge is -2.35. The molecule has 0 aliphatic heterocycles. The van der Waals surface area contributed by atoms with Crippen molar-refractivity contribution >= 4 is 23.7 Å². The molecule has 3 atom stereocenters. The van der Waals surface area contributed by atoms with E-state index in [2.05, 4.69) is 19.9 Å². The maximum atomic E-state index is 12.5. The van der Waals surface area contributed by atoms with Crippen molar-refractivity contribution in [2.45, 2.75) is 52.9 Å². The number of aliphatic hydroxyl groups is 1. The first kappa shape index (κ1) is 32.2. The number of aliphatic hydroxyl groups excluding tert-OH is 1. The second-order valence-electron chi connectivity index (χ2n) is 11.2. The molecule has 222 valence electrons. The van der Waals surface area contributed by atoms with Crippen LogP contribution in [0.25, 0.3) is 12.2 Å². The molecule has 1 aliphatic rings. The summed E-state index contributed by atoms with van der Waals surface area (Å²) < 4.78 is 10.9. The minimum Gasteiger partial charge on any atom is -0.508 e. The summed E-state index contributed by atoms with van der Waals surface area (Å²) in [6.07, 6.45) is 13.8. The Kier molecular flexibility index (Phi) is 11.5. The maximum absolute atomic E-state index is 12.5. The van der Waals surface area contributed by atoms with Gasteiger partial charge in [0.15, 0.2) is 23.1 Å². The SMILES string of the molecule is COc1cc(/C=C/C(O)=C/C(=O)/C=C/c2ccc([C@H]3C=C(C)CC[C@@H]3[C@@H](C)CC(=O)C=C(C)C)c(OC)c2)ccc1O. The summed E-state index contributed by atoms with van der Waals surface area (Å²) >= 11 is 0. The summed E-state index contributed by atoms with van der Waals surface area (Å²) in [6.45, 7) is 8.20. The molecule has 1 aliphatic carbocycles. The highest BCUT2D eigenvalue weighted by atomic mass is 16.5. The first-order valence-electron chi connectivity index (χ1n) is 14.2. The molecule has 2 aromatic rings. The molecule has 3 rings (SSSR count). The number of aromatic hydroxyl groups is 1. The van der Waals surface area contributed by atoms with E-state index in [0.29, 0.717) is 23.7 Å². The lowest BCUT2D eigenvalue weighted by atomic mass is 9.70. The lowest BCUT2D eigenvalue weighted by Crippen LogP contribution is -2.24. The molecule has 0 aromatic heterocycles. The number of hydrogen-bond acceptors (Lipinski definition) is 6. The molecule has 0 spiro atoms. The van der Waals surface area contributed by atoms with Crippen LogP contribution in [-0.4, -0.2) is 36.0 Å². The molecule has 0 amide bonds. The van der Waals surface area contributed by atoms with Crippen LogP contribution in [0.15, 0.2) is 83.7 Å². The topological polar surface area (TPSA) is 93.1 Å². The average Bonchev–Trinajstić information content (AvgIpc) is 2.94. The predicted octanol–water partition coefficient (Wildman–Crippen LogP) is 8.15. The molecular formula is C36H42O6. The van der Waals surface area contributed by atoms with Crippen molar-refractivity contribution in [3.8, 4) is 17.2 Å². The van der Waals surface area contributed by atoms with Crippen LogP contribution >= 0.6 is 0 Å². The lowest BCUT2D eigenvalue weighted by molar-refractivity contribution is -0.115. The minimum absolute atomic E-state index is 0.0192. The molecule has 6 heteroatoms. The third-order valence-corrected chi connectivity index (χ3v) is 7.50. The van der Waals surface area contributed by atoms with Crippen LogP contribution in [-0.2, 0) is 9.59 Å². The number of hydrogen-bond donors (Lipinski definition) is 2. The van der Waals surface area contributed by atoms with Crippen LogP contribution < -0.4 is 9.47 Å². The van der Waals surface area contributed by atoms with E-state index >= 15 is 0 Å². The Labute approximate surface area is 249 Å². The monoisotopic (exact) mass is 570 g/mol. The quantitative estimate of drug-likeness (QED) is 0.116. The standard InChI is InChI=1S/C36H42O6/c1-23(2)17-30(39)19-25(4)31-14-7-24(3)18-33(31)32-15-10-26(20-35(32)41-5)8-12-28(37)22-29(38)13-9-27-11-16-34(40)36(21-27)42-6/h8-13,15-18,20-22,25,31,33,38,40H,7,14,19H2,1-6H3/b12-8+,13-9+,29-22-/t25-,31+,33-/m0/s1. The van der Waals surface area contributed by atoms with E-state index in [4.69, 9.17) is 9.47 Å². The number of ether oxygens (including phenoxy) is 2. The van der Waals surface area contributed by atoms with Crippen molar-refractivity contribution in [3.05, 3.63) is 100 Å². The average molecular weight is 571 g/mol. The number of phenols is 1. The van der Waals surface area contributed by atoms with Gasteiger partial charge < -0.3 is 19.7 Å². The zero-order valence-corrected chi connectivity index (χ0v) is 25.4. The fourth-order valence-corrected chi connectivity index (χ4v) is 5.40. The summed E-state index contributed by atoms with van der Waals surface area (Å²) in [5, 5.41) is 19.9. The van der Waals surface area contributed by atoms with E-state index < -0.39 is 0 Å². The number of benzene rings is 2. The first-order chi connectivity index (χ1) is 20.0. The fourth-order valence-electron chi connectivity index (χ4n) is 5.40. The Bertz CT molecular complexity index is 1430. The highest BCUT2D eigenvalue weighted by Gasteiger charge is 2.32. The molecule has 42 heavy (non-hydrogen) atoms. The van der Waals surface area contributed by atoms with Gasteiger partial charge in [-0.1, -0.05) is 54.5 Å². The highest BCUT2D eigenvalue weighted by Crippen LogP contribution is 2.44. The van der Waals surface area contributed by atoms with Gasteiger partial charge in [0, 0.05) is 24.0 Å². The van der Waals surface area contributed by atoms with E-state index in [1.807, 2.05) is 32.0 Å². The second-order valence-corrected chi connectivity index (χ2v) is 11.2. The molecule has 0 fully saturated rings. The summed E-state index contributed by atoms with van der Waals surface area (Å²) in [5.74, 6) is 1.32. The van der Waals surface area contributed by atoms with Gasteiger partial charge in [0.1, 0.15) is 11.5 Å². The number of ketones is 2. The molecule has 0 bridgehead atoms. The van der Waals surface area contributed by atoms with Crippen LogP contribution in [0.5, 0.6) is 17.2 Å². The van der Waals surface area contributed by atoms with Gasteiger partial charge in [-0.2, -0.15) is 0 Å². The van der Waals surface area contributed by atoms with Crippen LogP contribution in [0.1, 0.15) is 69.6 Å². The molecular weight excluding hydrogens is 528 g/mol. The van der Waals surface area contributed by atoms with Crippen molar-refractivity contribution in [1.29, 1.82) is 0 Å². The van der Waals surface area contributed by atoms with Crippen molar-refractivity contribution in [2.75, 3.05) is 14.2 Å². The van der Waals surface area contributed by atoms with E-state index in [9.17, 15) is 19.8 Å². The van der Waals surface area contributed by atoms with Crippen molar-refractivity contribution in [1.82, 2.24) is 0 Å². The first-order valence-corrected chi connectivity index (χ1v) is 14.2. The van der Waals surface area contributed by atoms with Crippen LogP contribution in [0.4, 0.5) is 0 Å². The van der Waals surface area contributed by atoms with Crippen molar-refractivity contribution in [2.24, 2.45) is 11.8 Å². The zero-order valence-electron chi connectivity index (χ0n) is 25.4. The van der Waals surface area contributed by atoms with Gasteiger partial charge in [0.05, 0.1) is 14.2 Å². The number of rotatable bonds is 12. The maximum Gasteiger partial charge on any atom is 0.182 e. The largest absolute Gasteiger partial charge is 0.508 e. The number of allylic oxidation sites excluding steroid dienone is 7. The number of carbonyl (C=O) groups excluding carboxylic acids is 2. The number of methoxy groups -OCH3 is 2. The van der Waals surface area contributed by atoms with Crippen molar-refractivity contribution in [3.63, 3.8) is 0 Å². The third kappa shape index (κ3) is 9.10. The Balaban J connectivity index is 1.75. The summed E-state index contributed by atoms with van der Waals surface area (Å²) in [5.41, 5.74) is 4.91. The fraction of sp³-hybridized carbons (Fsp3) is 0.333. The van der Waals surface area contributed by atoms with Crippen LogP contribution in [0.3, 0.4) is 0 Å². The van der Waals surface area contributed by atoms with Gasteiger partial charge >= 0.3 is 0 Å². The summed E-state index contributed by atoms with van der Waals surface area (Å²) in [4.78, 5) is 25.0. The zero-order chi connectivity index (χ0) is 30.8. The molecule has 0 heterocycles. The minimum atomic E-state index is -0.371. The predicted molar refractivity (Wildman–Crippen MR) is 169 cm³/mol. The van der Waals surface area contributed by atoms with E-state index in [-0.39, 0.29) is 34.9 Å². The van der Waals surface area contributed by atoms with Crippen molar-refractivity contribution < 1.29 is 29.3 Å². The number of carbonyl (C=O) groups is 2. The molecule has 2 aromatic carbocycles. The van der Waals surface area contributed by atoms with Crippen LogP contribution in [0.2, 0.25) is 0 Å². The Morgan fingerprint density at radius 3 is 2.29 bits per heavy atom. The second kappa shape index (κ2) is 15.1. The highest BCUT2D eigenvalue weighted by molar-refractivity contribution is 6.02. The number of phenolic OH excluding ortho intramolecular Hbond substituents is 1. The molecule has 0 unspecified atom stereocenters. The molecule has 0 saturated carbocycles. The molecule has 0 saturated heterocycles. The summed E-state index contributed by atoms with van der Waals surface area (Å²) in [6, 6.07) is 10.7. The van der Waals surface area contributed by atoms with Gasteiger partial charge in [-0.15, -0.1) is 0 Å². The Morgan fingerprint density at radius 2 is 1.62 bits per heavy atom. The van der Waals surface area contributed by atoms with Gasteiger partial charge in [-0.3, -0.25) is 9.59 Å². The summed E-state index contributed by atoms with van der Waals surface area (Å²) in [7, 11) is 3.10. The van der Waals surface area contributed by atoms with Gasteiger partial charge in [-0.25, -0.2) is 0 Å².